The molecule has 4 nitrogen and oxygen atoms in total. The van der Waals surface area contributed by atoms with Gasteiger partial charge in [-0.05, 0) is 5.92 Å². The maximum Gasteiger partial charge on any atom is 0.238 e. The second-order valence-corrected chi connectivity index (χ2v) is 3.96. The van der Waals surface area contributed by atoms with Crippen molar-refractivity contribution in [2.24, 2.45) is 0 Å². The molecule has 0 bridgehead atoms. The van der Waals surface area contributed by atoms with Gasteiger partial charge in [-0.25, -0.2) is 13.9 Å². The van der Waals surface area contributed by atoms with Crippen LogP contribution >= 0.6 is 11.6 Å². The molecule has 80 valence electrons. The predicted octanol–water partition coefficient (Wildman–Crippen LogP) is 2.23. The summed E-state index contributed by atoms with van der Waals surface area (Å²) in [7, 11) is 0. The van der Waals surface area contributed by atoms with E-state index in [4.69, 9.17) is 17.3 Å². The molecule has 0 aliphatic carbocycles. The molecule has 0 atom stereocenters. The van der Waals surface area contributed by atoms with E-state index in [1.54, 1.807) is 0 Å². The van der Waals surface area contributed by atoms with Crippen molar-refractivity contribution in [1.82, 2.24) is 14.6 Å². The summed E-state index contributed by atoms with van der Waals surface area (Å²) in [6.07, 6.45) is 1.33. The van der Waals surface area contributed by atoms with Gasteiger partial charge in [0, 0.05) is 0 Å². The number of anilines is 1. The summed E-state index contributed by atoms with van der Waals surface area (Å²) in [5, 5.41) is 4.03. The quantitative estimate of drug-likeness (QED) is 0.814. The van der Waals surface area contributed by atoms with Gasteiger partial charge in [-0.1, -0.05) is 25.4 Å². The molecule has 0 amide bonds. The minimum Gasteiger partial charge on any atom is -0.367 e. The van der Waals surface area contributed by atoms with Crippen LogP contribution in [0.3, 0.4) is 0 Å². The van der Waals surface area contributed by atoms with Crippen molar-refractivity contribution in [1.29, 1.82) is 0 Å². The van der Waals surface area contributed by atoms with Crippen LogP contribution in [0.15, 0.2) is 6.20 Å². The normalized spacial score (nSPS) is 11.5. The molecule has 2 N–H and O–H groups in total. The standard InChI is InChI=1S/C9H10ClFN4/c1-4(2)8-6(10)7(11)5-3-13-9(12)14-15(5)8/h3-4H,1-2H3,(H2,12,14). The topological polar surface area (TPSA) is 56.2 Å². The second-order valence-electron chi connectivity index (χ2n) is 3.58. The fourth-order valence-corrected chi connectivity index (χ4v) is 1.91. The van der Waals surface area contributed by atoms with Crippen LogP contribution in [-0.2, 0) is 0 Å². The zero-order valence-corrected chi connectivity index (χ0v) is 9.09. The minimum atomic E-state index is -0.500. The third-order valence-electron chi connectivity index (χ3n) is 2.17. The number of nitrogen functional groups attached to an aromatic ring is 1. The molecule has 2 heterocycles. The van der Waals surface area contributed by atoms with Crippen LogP contribution in [0, 0.1) is 5.82 Å². The van der Waals surface area contributed by atoms with Gasteiger partial charge in [0.1, 0.15) is 10.5 Å². The smallest absolute Gasteiger partial charge is 0.238 e. The molecule has 0 unspecified atom stereocenters. The minimum absolute atomic E-state index is 0.0591. The maximum atomic E-state index is 13.6. The van der Waals surface area contributed by atoms with Gasteiger partial charge in [-0.3, -0.25) is 0 Å². The summed E-state index contributed by atoms with van der Waals surface area (Å²) in [5.74, 6) is -0.347. The van der Waals surface area contributed by atoms with Crippen molar-refractivity contribution >= 4 is 23.1 Å². The van der Waals surface area contributed by atoms with E-state index in [9.17, 15) is 4.39 Å². The zero-order chi connectivity index (χ0) is 11.2. The van der Waals surface area contributed by atoms with Crippen molar-refractivity contribution < 1.29 is 4.39 Å². The van der Waals surface area contributed by atoms with E-state index in [2.05, 4.69) is 10.1 Å². The van der Waals surface area contributed by atoms with E-state index in [1.165, 1.54) is 10.7 Å². The Kier molecular flexibility index (Phi) is 2.26. The van der Waals surface area contributed by atoms with Gasteiger partial charge in [0.2, 0.25) is 5.95 Å². The van der Waals surface area contributed by atoms with Gasteiger partial charge in [-0.2, -0.15) is 0 Å². The van der Waals surface area contributed by atoms with Crippen LogP contribution < -0.4 is 5.73 Å². The average molecular weight is 229 g/mol. The molecule has 0 radical (unpaired) electrons. The molecule has 2 aromatic heterocycles. The van der Waals surface area contributed by atoms with Crippen LogP contribution in [0.25, 0.3) is 5.52 Å². The first-order valence-corrected chi connectivity index (χ1v) is 4.88. The third-order valence-corrected chi connectivity index (χ3v) is 2.53. The Bertz CT molecular complexity index is 520. The van der Waals surface area contributed by atoms with Gasteiger partial charge in [0.25, 0.3) is 0 Å². The Morgan fingerprint density at radius 1 is 1.53 bits per heavy atom. The van der Waals surface area contributed by atoms with Gasteiger partial charge >= 0.3 is 0 Å². The second kappa shape index (κ2) is 3.34. The molecule has 0 aliphatic rings. The summed E-state index contributed by atoms with van der Waals surface area (Å²) >= 11 is 5.88. The Labute approximate surface area is 90.9 Å². The highest BCUT2D eigenvalue weighted by Crippen LogP contribution is 2.30. The molecule has 15 heavy (non-hydrogen) atoms. The molecule has 0 saturated heterocycles. The first-order chi connectivity index (χ1) is 7.02. The number of nitrogens with zero attached hydrogens (tertiary/aromatic N) is 3. The van der Waals surface area contributed by atoms with E-state index in [1.807, 2.05) is 13.8 Å². The molecule has 0 fully saturated rings. The Hall–Kier alpha value is -1.36. The summed E-state index contributed by atoms with van der Waals surface area (Å²) in [5.41, 5.74) is 6.30. The number of hydrogen-bond donors (Lipinski definition) is 1. The first-order valence-electron chi connectivity index (χ1n) is 4.50. The molecule has 2 rings (SSSR count). The molecular formula is C9H10ClFN4. The summed E-state index contributed by atoms with van der Waals surface area (Å²) in [6.45, 7) is 3.82. The van der Waals surface area contributed by atoms with Crippen molar-refractivity contribution in [3.05, 3.63) is 22.7 Å². The average Bonchev–Trinajstić information content (AvgIpc) is 2.39. The molecule has 0 saturated carbocycles. The summed E-state index contributed by atoms with van der Waals surface area (Å²) in [6, 6.07) is 0. The van der Waals surface area contributed by atoms with Gasteiger partial charge in [0.05, 0.1) is 11.9 Å². The molecule has 6 heteroatoms. The molecule has 0 spiro atoms. The monoisotopic (exact) mass is 228 g/mol. The Morgan fingerprint density at radius 2 is 2.20 bits per heavy atom. The fourth-order valence-electron chi connectivity index (χ4n) is 1.51. The van der Waals surface area contributed by atoms with Crippen molar-refractivity contribution in [3.63, 3.8) is 0 Å². The van der Waals surface area contributed by atoms with Crippen molar-refractivity contribution in [3.8, 4) is 0 Å². The number of fused-ring (bicyclic) bond motifs is 1. The van der Waals surface area contributed by atoms with Gasteiger partial charge in [0.15, 0.2) is 5.82 Å². The SMILES string of the molecule is CC(C)c1c(Cl)c(F)c2cnc(N)nn12. The molecule has 0 aromatic carbocycles. The number of halogens is 2. The Balaban J connectivity index is 2.88. The first kappa shape index (κ1) is 10.2. The number of nitrogens with two attached hydrogens (primary N) is 1. The zero-order valence-electron chi connectivity index (χ0n) is 8.33. The van der Waals surface area contributed by atoms with E-state index in [-0.39, 0.29) is 22.4 Å². The van der Waals surface area contributed by atoms with E-state index in [0.717, 1.165) is 0 Å². The molecular weight excluding hydrogens is 219 g/mol. The lowest BCUT2D eigenvalue weighted by atomic mass is 10.1. The Morgan fingerprint density at radius 3 is 2.80 bits per heavy atom. The maximum absolute atomic E-state index is 13.6. The van der Waals surface area contributed by atoms with Crippen LogP contribution in [0.4, 0.5) is 10.3 Å². The number of hydrogen-bond acceptors (Lipinski definition) is 3. The largest absolute Gasteiger partial charge is 0.367 e. The number of rotatable bonds is 1. The van der Waals surface area contributed by atoms with Gasteiger partial charge < -0.3 is 5.73 Å². The summed E-state index contributed by atoms with van der Waals surface area (Å²) in [4.78, 5) is 3.73. The lowest BCUT2D eigenvalue weighted by molar-refractivity contribution is 0.638. The van der Waals surface area contributed by atoms with Crippen molar-refractivity contribution in [2.45, 2.75) is 19.8 Å². The highest BCUT2D eigenvalue weighted by molar-refractivity contribution is 6.32. The fraction of sp³-hybridized carbons (Fsp3) is 0.333. The lowest BCUT2D eigenvalue weighted by Gasteiger charge is -2.05. The highest BCUT2D eigenvalue weighted by Gasteiger charge is 2.20. The van der Waals surface area contributed by atoms with E-state index >= 15 is 0 Å². The predicted molar refractivity (Wildman–Crippen MR) is 56.5 cm³/mol. The van der Waals surface area contributed by atoms with Crippen LogP contribution in [0.2, 0.25) is 5.02 Å². The highest BCUT2D eigenvalue weighted by atomic mass is 35.5. The van der Waals surface area contributed by atoms with Crippen molar-refractivity contribution in [2.75, 3.05) is 5.73 Å². The van der Waals surface area contributed by atoms with Crippen LogP contribution in [0.5, 0.6) is 0 Å². The van der Waals surface area contributed by atoms with Crippen LogP contribution in [0.1, 0.15) is 25.5 Å². The van der Waals surface area contributed by atoms with Crippen LogP contribution in [-0.4, -0.2) is 14.6 Å². The molecule has 0 aliphatic heterocycles. The molecule has 2 aromatic rings. The van der Waals surface area contributed by atoms with Gasteiger partial charge in [-0.15, -0.1) is 5.10 Å². The number of aromatic nitrogens is 3. The summed E-state index contributed by atoms with van der Waals surface area (Å²) < 4.78 is 15.0. The van der Waals surface area contributed by atoms with E-state index < -0.39 is 5.82 Å². The van der Waals surface area contributed by atoms with E-state index in [0.29, 0.717) is 5.69 Å². The third kappa shape index (κ3) is 1.43. The lowest BCUT2D eigenvalue weighted by Crippen LogP contribution is -2.04.